The molecule has 25 heavy (non-hydrogen) atoms. The lowest BCUT2D eigenvalue weighted by atomic mass is 10.0. The van der Waals surface area contributed by atoms with E-state index in [4.69, 9.17) is 4.74 Å². The second-order valence-electron chi connectivity index (χ2n) is 5.26. The molecule has 0 unspecified atom stereocenters. The molecule has 2 amide bonds. The Kier molecular flexibility index (Phi) is 8.69. The van der Waals surface area contributed by atoms with Crippen molar-refractivity contribution >= 4 is 33.7 Å². The molecule has 0 atom stereocenters. The van der Waals surface area contributed by atoms with Crippen molar-refractivity contribution in [2.45, 2.75) is 26.7 Å². The van der Waals surface area contributed by atoms with Crippen molar-refractivity contribution in [3.8, 4) is 5.75 Å². The number of ether oxygens (including phenoxy) is 2. The average molecular weight is 413 g/mol. The van der Waals surface area contributed by atoms with Crippen LogP contribution in [-0.2, 0) is 19.1 Å². The van der Waals surface area contributed by atoms with Gasteiger partial charge in [-0.3, -0.25) is 20.4 Å². The van der Waals surface area contributed by atoms with Crippen LogP contribution in [0.5, 0.6) is 5.75 Å². The summed E-state index contributed by atoms with van der Waals surface area (Å²) in [6, 6.07) is 5.62. The molecule has 0 spiro atoms. The smallest absolute Gasteiger partial charge is 0.330 e. The first-order valence-electron chi connectivity index (χ1n) is 7.69. The van der Waals surface area contributed by atoms with E-state index in [9.17, 15) is 14.4 Å². The monoisotopic (exact) mass is 412 g/mol. The van der Waals surface area contributed by atoms with Gasteiger partial charge in [-0.1, -0.05) is 19.9 Å². The van der Waals surface area contributed by atoms with Gasteiger partial charge in [0.15, 0.2) is 6.61 Å². The van der Waals surface area contributed by atoms with Gasteiger partial charge in [0.2, 0.25) is 0 Å². The molecule has 7 nitrogen and oxygen atoms in total. The summed E-state index contributed by atoms with van der Waals surface area (Å²) in [5.41, 5.74) is 5.45. The Morgan fingerprint density at radius 3 is 2.52 bits per heavy atom. The largest absolute Gasteiger partial charge is 0.483 e. The van der Waals surface area contributed by atoms with Gasteiger partial charge in [-0.05, 0) is 46.5 Å². The number of benzene rings is 1. The van der Waals surface area contributed by atoms with Crippen LogP contribution in [0.4, 0.5) is 0 Å². The number of esters is 1. The predicted molar refractivity (Wildman–Crippen MR) is 95.8 cm³/mol. The highest BCUT2D eigenvalue weighted by atomic mass is 79.9. The summed E-state index contributed by atoms with van der Waals surface area (Å²) in [6.45, 7) is 5.75. The Bertz CT molecular complexity index is 658. The van der Waals surface area contributed by atoms with Crippen molar-refractivity contribution in [3.63, 3.8) is 0 Å². The van der Waals surface area contributed by atoms with Gasteiger partial charge in [0.1, 0.15) is 5.75 Å². The molecule has 0 saturated carbocycles. The fourth-order valence-corrected chi connectivity index (χ4v) is 2.19. The van der Waals surface area contributed by atoms with Crippen LogP contribution in [-0.4, -0.2) is 31.0 Å². The van der Waals surface area contributed by atoms with Crippen LogP contribution >= 0.6 is 15.9 Å². The van der Waals surface area contributed by atoms with Crippen LogP contribution in [0.1, 0.15) is 32.3 Å². The van der Waals surface area contributed by atoms with Crippen LogP contribution < -0.4 is 15.6 Å². The molecular formula is C17H21BrN2O5. The first-order valence-corrected chi connectivity index (χ1v) is 8.48. The Morgan fingerprint density at radius 1 is 1.20 bits per heavy atom. The summed E-state index contributed by atoms with van der Waals surface area (Å²) in [6.07, 6.45) is 1.93. The average Bonchev–Trinajstić information content (AvgIpc) is 2.57. The van der Waals surface area contributed by atoms with Crippen molar-refractivity contribution < 1.29 is 23.9 Å². The first-order chi connectivity index (χ1) is 11.8. The Morgan fingerprint density at radius 2 is 1.92 bits per heavy atom. The lowest BCUT2D eigenvalue weighted by Crippen LogP contribution is -2.43. The number of hydrogen-bond donors (Lipinski definition) is 2. The molecule has 0 saturated heterocycles. The lowest BCUT2D eigenvalue weighted by molar-refractivity contribution is -0.137. The third-order valence-corrected chi connectivity index (χ3v) is 3.58. The number of hydrazine groups is 1. The number of halogens is 1. The molecule has 1 aromatic rings. The van der Waals surface area contributed by atoms with Crippen molar-refractivity contribution in [3.05, 3.63) is 40.4 Å². The van der Waals surface area contributed by atoms with E-state index in [0.29, 0.717) is 11.7 Å². The molecular weight excluding hydrogens is 392 g/mol. The topological polar surface area (TPSA) is 93.7 Å². The van der Waals surface area contributed by atoms with Gasteiger partial charge in [-0.15, -0.1) is 0 Å². The third kappa shape index (κ3) is 7.84. The van der Waals surface area contributed by atoms with Crippen molar-refractivity contribution in [2.75, 3.05) is 13.2 Å². The zero-order valence-corrected chi connectivity index (χ0v) is 15.9. The third-order valence-electron chi connectivity index (χ3n) is 2.96. The van der Waals surface area contributed by atoms with Crippen molar-refractivity contribution in [2.24, 2.45) is 0 Å². The highest BCUT2D eigenvalue weighted by Gasteiger charge is 2.08. The Labute approximate surface area is 154 Å². The highest BCUT2D eigenvalue weighted by molar-refractivity contribution is 9.10. The molecule has 0 aliphatic rings. The molecule has 0 aliphatic heterocycles. The highest BCUT2D eigenvalue weighted by Crippen LogP contribution is 2.28. The van der Waals surface area contributed by atoms with Gasteiger partial charge in [0.05, 0.1) is 11.1 Å². The number of carbonyl (C=O) groups is 3. The van der Waals surface area contributed by atoms with Crippen molar-refractivity contribution in [1.82, 2.24) is 10.9 Å². The Hall–Kier alpha value is -2.35. The molecule has 0 bridgehead atoms. The van der Waals surface area contributed by atoms with Crippen LogP contribution in [0.25, 0.3) is 0 Å². The lowest BCUT2D eigenvalue weighted by Gasteiger charge is -2.11. The molecule has 0 radical (unpaired) electrons. The predicted octanol–water partition coefficient (Wildman–Crippen LogP) is 2.22. The Balaban J connectivity index is 2.40. The number of rotatable bonds is 7. The molecule has 0 aliphatic carbocycles. The van der Waals surface area contributed by atoms with Crippen LogP contribution in [0, 0.1) is 0 Å². The van der Waals surface area contributed by atoms with Gasteiger partial charge in [0, 0.05) is 12.2 Å². The first kappa shape index (κ1) is 20.7. The number of carbonyl (C=O) groups excluding carboxylic acids is 3. The molecule has 0 fully saturated rings. The van der Waals surface area contributed by atoms with E-state index in [-0.39, 0.29) is 13.2 Å². The van der Waals surface area contributed by atoms with Gasteiger partial charge in [-0.2, -0.15) is 0 Å². The van der Waals surface area contributed by atoms with E-state index in [1.807, 2.05) is 12.1 Å². The van der Waals surface area contributed by atoms with Crippen LogP contribution in [0.2, 0.25) is 0 Å². The zero-order chi connectivity index (χ0) is 18.8. The molecule has 1 rings (SSSR count). The number of amides is 2. The SMILES string of the molecule is CCOC(=O)C=CC(=O)NNC(=O)COc1ccc(C(C)C)cc1Br. The van der Waals surface area contributed by atoms with E-state index >= 15 is 0 Å². The fourth-order valence-electron chi connectivity index (χ4n) is 1.68. The summed E-state index contributed by atoms with van der Waals surface area (Å²) in [5.74, 6) is -0.941. The number of nitrogens with one attached hydrogen (secondary N) is 2. The normalized spacial score (nSPS) is 10.6. The summed E-state index contributed by atoms with van der Waals surface area (Å²) in [4.78, 5) is 34.1. The van der Waals surface area contributed by atoms with E-state index < -0.39 is 17.8 Å². The maximum absolute atomic E-state index is 11.7. The molecule has 8 heteroatoms. The zero-order valence-electron chi connectivity index (χ0n) is 14.3. The van der Waals surface area contributed by atoms with Gasteiger partial charge < -0.3 is 9.47 Å². The van der Waals surface area contributed by atoms with Crippen molar-refractivity contribution in [1.29, 1.82) is 0 Å². The summed E-state index contributed by atoms with van der Waals surface area (Å²) < 4.78 is 10.8. The second kappa shape index (κ2) is 10.5. The molecule has 1 aromatic carbocycles. The molecule has 136 valence electrons. The molecule has 0 aromatic heterocycles. The quantitative estimate of drug-likeness (QED) is 0.406. The molecule has 0 heterocycles. The summed E-state index contributed by atoms with van der Waals surface area (Å²) in [5, 5.41) is 0. The maximum Gasteiger partial charge on any atom is 0.330 e. The minimum atomic E-state index is -0.663. The molecule has 2 N–H and O–H groups in total. The summed E-state index contributed by atoms with van der Waals surface area (Å²) >= 11 is 3.40. The minimum absolute atomic E-state index is 0.215. The van der Waals surface area contributed by atoms with Gasteiger partial charge in [-0.25, -0.2) is 4.79 Å². The van der Waals surface area contributed by atoms with E-state index in [2.05, 4.69) is 45.4 Å². The van der Waals surface area contributed by atoms with E-state index in [0.717, 1.165) is 22.2 Å². The second-order valence-corrected chi connectivity index (χ2v) is 6.11. The minimum Gasteiger partial charge on any atom is -0.483 e. The standard InChI is InChI=1S/C17H21BrN2O5/c1-4-24-17(23)8-7-15(21)19-20-16(22)10-25-14-6-5-12(11(2)3)9-13(14)18/h5-9,11H,4,10H2,1-3H3,(H,19,21)(H,20,22). The number of hydrogen-bond acceptors (Lipinski definition) is 5. The summed E-state index contributed by atoms with van der Waals surface area (Å²) in [7, 11) is 0. The van der Waals surface area contributed by atoms with Crippen LogP contribution in [0.15, 0.2) is 34.8 Å². The fraction of sp³-hybridized carbons (Fsp3) is 0.353. The van der Waals surface area contributed by atoms with E-state index in [1.165, 1.54) is 0 Å². The maximum atomic E-state index is 11.7. The van der Waals surface area contributed by atoms with Gasteiger partial charge in [0.25, 0.3) is 11.8 Å². The van der Waals surface area contributed by atoms with E-state index in [1.54, 1.807) is 13.0 Å². The van der Waals surface area contributed by atoms with Crippen LogP contribution in [0.3, 0.4) is 0 Å². The van der Waals surface area contributed by atoms with Gasteiger partial charge >= 0.3 is 5.97 Å².